The second-order valence-corrected chi connectivity index (χ2v) is 7.66. The number of carbonyl (C=O) groups excluding carboxylic acids is 2. The van der Waals surface area contributed by atoms with Crippen LogP contribution in [0.25, 0.3) is 0 Å². The van der Waals surface area contributed by atoms with E-state index in [1.54, 1.807) is 12.1 Å². The minimum atomic E-state index is -0.416. The smallest absolute Gasteiger partial charge is 0.244 e. The Balaban J connectivity index is 1.57. The highest BCUT2D eigenvalue weighted by Gasteiger charge is 2.66. The molecule has 2 aromatic carbocycles. The van der Waals surface area contributed by atoms with Crippen molar-refractivity contribution in [3.63, 3.8) is 0 Å². The molecule has 5 nitrogen and oxygen atoms in total. The Labute approximate surface area is 161 Å². The van der Waals surface area contributed by atoms with Gasteiger partial charge in [0.05, 0.1) is 17.5 Å². The maximum absolute atomic E-state index is 13.5. The number of aromatic hydroxyl groups is 1. The number of aromatic nitrogens is 1. The predicted molar refractivity (Wildman–Crippen MR) is 101 cm³/mol. The van der Waals surface area contributed by atoms with Crippen molar-refractivity contribution in [3.8, 4) is 5.75 Å². The molecule has 136 valence electrons. The van der Waals surface area contributed by atoms with Gasteiger partial charge in [-0.1, -0.05) is 30.3 Å². The molecule has 4 aliphatic rings. The van der Waals surface area contributed by atoms with E-state index in [9.17, 15) is 14.7 Å². The molecule has 7 rings (SSSR count). The monoisotopic (exact) mass is 369 g/mol. The molecule has 1 fully saturated rings. The Morgan fingerprint density at radius 3 is 2.25 bits per heavy atom. The lowest BCUT2D eigenvalue weighted by Gasteiger charge is -2.40. The van der Waals surface area contributed by atoms with Crippen LogP contribution in [0, 0.1) is 11.8 Å². The zero-order valence-electron chi connectivity index (χ0n) is 14.9. The molecule has 4 heterocycles. The Bertz CT molecular complexity index is 1040. The van der Waals surface area contributed by atoms with E-state index >= 15 is 0 Å². The minimum absolute atomic E-state index is 0.107. The third-order valence-corrected chi connectivity index (χ3v) is 6.40. The summed E-state index contributed by atoms with van der Waals surface area (Å²) in [5.74, 6) is -1.15. The standard InChI is InChI=1S/C23H16N2O3/c26-14-10-8-13(9-11-14)25-22(27)19-18-15-5-1-2-6-16(15)21(20(19)23(25)28)24-12-4-3-7-17(18)24/h1-12,18-21H/p+1. The van der Waals surface area contributed by atoms with E-state index in [-0.39, 0.29) is 29.5 Å². The lowest BCUT2D eigenvalue weighted by molar-refractivity contribution is -0.736. The van der Waals surface area contributed by atoms with Crippen LogP contribution < -0.4 is 9.47 Å². The number of hydrogen-bond donors (Lipinski definition) is 1. The molecule has 0 radical (unpaired) electrons. The summed E-state index contributed by atoms with van der Waals surface area (Å²) in [6.45, 7) is 0. The van der Waals surface area contributed by atoms with Gasteiger partial charge < -0.3 is 5.11 Å². The molecule has 4 atom stereocenters. The van der Waals surface area contributed by atoms with Gasteiger partial charge in [0.25, 0.3) is 0 Å². The molecule has 1 N–H and O–H groups in total. The molecule has 0 saturated carbocycles. The number of anilines is 1. The average molecular weight is 369 g/mol. The molecule has 3 aliphatic heterocycles. The summed E-state index contributed by atoms with van der Waals surface area (Å²) in [6.07, 6.45) is 2.01. The van der Waals surface area contributed by atoms with E-state index in [0.717, 1.165) is 16.8 Å². The van der Waals surface area contributed by atoms with Crippen LogP contribution in [0.4, 0.5) is 5.69 Å². The van der Waals surface area contributed by atoms with Crippen molar-refractivity contribution in [1.29, 1.82) is 0 Å². The predicted octanol–water partition coefficient (Wildman–Crippen LogP) is 2.53. The zero-order valence-corrected chi connectivity index (χ0v) is 14.9. The van der Waals surface area contributed by atoms with Gasteiger partial charge in [0, 0.05) is 17.7 Å². The van der Waals surface area contributed by atoms with Crippen LogP contribution in [-0.2, 0) is 9.59 Å². The number of carbonyl (C=O) groups is 2. The maximum atomic E-state index is 13.5. The average Bonchev–Trinajstić information content (AvgIpc) is 3.00. The number of hydrogen-bond acceptors (Lipinski definition) is 3. The van der Waals surface area contributed by atoms with Crippen molar-refractivity contribution in [3.05, 3.63) is 89.7 Å². The van der Waals surface area contributed by atoms with E-state index in [0.29, 0.717) is 5.69 Å². The highest BCUT2D eigenvalue weighted by atomic mass is 16.3. The Morgan fingerprint density at radius 1 is 0.786 bits per heavy atom. The van der Waals surface area contributed by atoms with Gasteiger partial charge in [0.15, 0.2) is 17.9 Å². The van der Waals surface area contributed by atoms with E-state index in [1.807, 2.05) is 30.5 Å². The van der Waals surface area contributed by atoms with E-state index in [1.165, 1.54) is 17.0 Å². The number of pyridine rings is 1. The van der Waals surface area contributed by atoms with E-state index in [4.69, 9.17) is 0 Å². The van der Waals surface area contributed by atoms with Gasteiger partial charge in [-0.25, -0.2) is 4.90 Å². The Morgan fingerprint density at radius 2 is 1.46 bits per heavy atom. The van der Waals surface area contributed by atoms with Crippen LogP contribution in [-0.4, -0.2) is 16.9 Å². The molecule has 1 aliphatic carbocycles. The number of phenols is 1. The number of imide groups is 1. The summed E-state index contributed by atoms with van der Waals surface area (Å²) in [6, 6.07) is 20.3. The fraction of sp³-hybridized carbons (Fsp3) is 0.174. The van der Waals surface area contributed by atoms with Gasteiger partial charge in [-0.15, -0.1) is 0 Å². The third kappa shape index (κ3) is 1.78. The first kappa shape index (κ1) is 15.6. The summed E-state index contributed by atoms with van der Waals surface area (Å²) in [7, 11) is 0. The summed E-state index contributed by atoms with van der Waals surface area (Å²) in [5, 5.41) is 9.58. The first-order valence-electron chi connectivity index (χ1n) is 9.42. The van der Waals surface area contributed by atoms with Gasteiger partial charge in [0.1, 0.15) is 11.7 Å². The maximum Gasteiger partial charge on any atom is 0.244 e. The number of amides is 2. The molecular formula is C23H17N2O3+. The molecule has 1 saturated heterocycles. The number of nitrogens with zero attached hydrogens (tertiary/aromatic N) is 2. The van der Waals surface area contributed by atoms with Crippen molar-refractivity contribution >= 4 is 17.5 Å². The van der Waals surface area contributed by atoms with Crippen molar-refractivity contribution in [2.45, 2.75) is 12.0 Å². The largest absolute Gasteiger partial charge is 0.508 e. The van der Waals surface area contributed by atoms with Gasteiger partial charge in [0.2, 0.25) is 11.8 Å². The molecule has 5 heteroatoms. The molecule has 2 bridgehead atoms. The van der Waals surface area contributed by atoms with Crippen LogP contribution in [0.15, 0.2) is 72.9 Å². The van der Waals surface area contributed by atoms with E-state index < -0.39 is 11.8 Å². The molecule has 0 spiro atoms. The third-order valence-electron chi connectivity index (χ3n) is 6.40. The topological polar surface area (TPSA) is 61.5 Å². The van der Waals surface area contributed by atoms with Crippen LogP contribution in [0.1, 0.15) is 28.8 Å². The second-order valence-electron chi connectivity index (χ2n) is 7.66. The molecule has 4 unspecified atom stereocenters. The quantitative estimate of drug-likeness (QED) is 0.530. The number of rotatable bonds is 1. The second kappa shape index (κ2) is 5.29. The van der Waals surface area contributed by atoms with Gasteiger partial charge in [-0.2, -0.15) is 4.57 Å². The van der Waals surface area contributed by atoms with Crippen molar-refractivity contribution in [1.82, 2.24) is 0 Å². The molecule has 2 amide bonds. The SMILES string of the molecule is O=C1C2C3c4ccccc4C(C2C(=O)N1c1ccc(O)cc1)[n+]1ccccc13. The van der Waals surface area contributed by atoms with Gasteiger partial charge in [-0.05, 0) is 29.8 Å². The highest BCUT2D eigenvalue weighted by Crippen LogP contribution is 2.55. The summed E-state index contributed by atoms with van der Waals surface area (Å²) in [5.41, 5.74) is 3.88. The van der Waals surface area contributed by atoms with Gasteiger partial charge in [-0.3, -0.25) is 9.59 Å². The fourth-order valence-electron chi connectivity index (χ4n) is 5.35. The lowest BCUT2D eigenvalue weighted by Crippen LogP contribution is -2.59. The molecule has 3 aromatic rings. The summed E-state index contributed by atoms with van der Waals surface area (Å²) < 4.78 is 2.17. The van der Waals surface area contributed by atoms with Gasteiger partial charge >= 0.3 is 0 Å². The van der Waals surface area contributed by atoms with Crippen LogP contribution in [0.5, 0.6) is 5.75 Å². The zero-order chi connectivity index (χ0) is 19.0. The van der Waals surface area contributed by atoms with Crippen LogP contribution in [0.3, 0.4) is 0 Å². The first-order valence-corrected chi connectivity index (χ1v) is 9.42. The molecule has 1 aromatic heterocycles. The summed E-state index contributed by atoms with van der Waals surface area (Å²) >= 11 is 0. The van der Waals surface area contributed by atoms with Crippen molar-refractivity contribution < 1.29 is 19.3 Å². The van der Waals surface area contributed by atoms with E-state index in [2.05, 4.69) is 22.8 Å². The summed E-state index contributed by atoms with van der Waals surface area (Å²) in [4.78, 5) is 28.3. The van der Waals surface area contributed by atoms with Crippen molar-refractivity contribution in [2.24, 2.45) is 11.8 Å². The first-order chi connectivity index (χ1) is 13.7. The van der Waals surface area contributed by atoms with Crippen LogP contribution >= 0.6 is 0 Å². The molecular weight excluding hydrogens is 352 g/mol. The number of benzene rings is 2. The molecule has 28 heavy (non-hydrogen) atoms. The normalized spacial score (nSPS) is 26.8. The Kier molecular flexibility index (Phi) is 2.94. The van der Waals surface area contributed by atoms with Crippen LogP contribution in [0.2, 0.25) is 0 Å². The number of phenolic OH excluding ortho intramolecular Hbond substituents is 1. The lowest BCUT2D eigenvalue weighted by atomic mass is 9.63. The fourth-order valence-corrected chi connectivity index (χ4v) is 5.35. The highest BCUT2D eigenvalue weighted by molar-refractivity contribution is 6.23. The Hall–Kier alpha value is -3.47. The minimum Gasteiger partial charge on any atom is -0.508 e. The van der Waals surface area contributed by atoms with Crippen molar-refractivity contribution in [2.75, 3.05) is 4.90 Å².